The second kappa shape index (κ2) is 12.4. The van der Waals surface area contributed by atoms with Crippen LogP contribution in [0.5, 0.6) is 11.5 Å². The van der Waals surface area contributed by atoms with Crippen LogP contribution >= 0.6 is 0 Å². The first kappa shape index (κ1) is 27.7. The summed E-state index contributed by atoms with van der Waals surface area (Å²) in [4.78, 5) is 23.5. The summed E-state index contributed by atoms with van der Waals surface area (Å²) in [5.41, 5.74) is 3.08. The van der Waals surface area contributed by atoms with E-state index < -0.39 is 6.10 Å². The molecule has 3 aromatic rings. The lowest BCUT2D eigenvalue weighted by atomic mass is 9.84. The molecule has 0 saturated carbocycles. The van der Waals surface area contributed by atoms with Crippen LogP contribution in [0.25, 0.3) is 0 Å². The molecule has 196 valence electrons. The topological polar surface area (TPSA) is 131 Å². The van der Waals surface area contributed by atoms with Gasteiger partial charge in [0.2, 0.25) is 6.41 Å². The maximum Gasteiger partial charge on any atom is 0.251 e. The Morgan fingerprint density at radius 2 is 1.76 bits per heavy atom. The van der Waals surface area contributed by atoms with Gasteiger partial charge in [0.15, 0.2) is 0 Å². The first-order valence-electron chi connectivity index (χ1n) is 12.2. The van der Waals surface area contributed by atoms with E-state index in [1.165, 1.54) is 12.1 Å². The third-order valence-electron chi connectivity index (χ3n) is 6.35. The minimum absolute atomic E-state index is 0.0195. The molecule has 2 amide bonds. The van der Waals surface area contributed by atoms with Gasteiger partial charge in [-0.1, -0.05) is 44.2 Å². The van der Waals surface area contributed by atoms with E-state index in [1.807, 2.05) is 51.1 Å². The van der Waals surface area contributed by atoms with Gasteiger partial charge >= 0.3 is 0 Å². The van der Waals surface area contributed by atoms with Crippen molar-refractivity contribution < 1.29 is 24.9 Å². The van der Waals surface area contributed by atoms with Gasteiger partial charge < -0.3 is 31.3 Å². The van der Waals surface area contributed by atoms with Crippen LogP contribution in [0.3, 0.4) is 0 Å². The van der Waals surface area contributed by atoms with E-state index in [4.69, 9.17) is 0 Å². The summed E-state index contributed by atoms with van der Waals surface area (Å²) < 4.78 is 0. The highest BCUT2D eigenvalue weighted by molar-refractivity contribution is 5.94. The van der Waals surface area contributed by atoms with Crippen molar-refractivity contribution in [3.05, 3.63) is 89.0 Å². The molecular weight excluding hydrogens is 470 g/mol. The number of amides is 2. The summed E-state index contributed by atoms with van der Waals surface area (Å²) in [5, 5.41) is 38.5. The molecule has 0 aliphatic rings. The van der Waals surface area contributed by atoms with E-state index in [-0.39, 0.29) is 41.1 Å². The number of rotatable bonds is 12. The number of aliphatic hydroxyl groups is 1. The Labute approximate surface area is 217 Å². The van der Waals surface area contributed by atoms with Crippen molar-refractivity contribution in [2.45, 2.75) is 44.8 Å². The molecule has 0 spiro atoms. The number of phenols is 2. The van der Waals surface area contributed by atoms with Crippen molar-refractivity contribution in [3.8, 4) is 11.5 Å². The number of carbonyl (C=O) groups excluding carboxylic acids is 2. The molecule has 2 atom stereocenters. The van der Waals surface area contributed by atoms with Crippen LogP contribution < -0.4 is 16.0 Å². The van der Waals surface area contributed by atoms with Crippen LogP contribution in [0.2, 0.25) is 0 Å². The number of nitrogens with one attached hydrogen (secondary N) is 3. The highest BCUT2D eigenvalue weighted by atomic mass is 16.3. The quantitative estimate of drug-likeness (QED) is 0.165. The summed E-state index contributed by atoms with van der Waals surface area (Å²) in [5.74, 6) is -0.0194. The van der Waals surface area contributed by atoms with Crippen LogP contribution in [0.4, 0.5) is 5.69 Å². The van der Waals surface area contributed by atoms with Crippen LogP contribution in [0.1, 0.15) is 53.9 Å². The lowest BCUT2D eigenvalue weighted by molar-refractivity contribution is -0.105. The van der Waals surface area contributed by atoms with Crippen molar-refractivity contribution in [2.24, 2.45) is 0 Å². The number of benzene rings is 3. The van der Waals surface area contributed by atoms with Gasteiger partial charge in [-0.05, 0) is 66.4 Å². The zero-order valence-corrected chi connectivity index (χ0v) is 21.4. The number of hydrogen-bond acceptors (Lipinski definition) is 6. The van der Waals surface area contributed by atoms with Gasteiger partial charge in [0, 0.05) is 30.1 Å². The van der Waals surface area contributed by atoms with Crippen molar-refractivity contribution in [3.63, 3.8) is 0 Å². The van der Waals surface area contributed by atoms with Gasteiger partial charge in [-0.25, -0.2) is 0 Å². The van der Waals surface area contributed by atoms with Crippen LogP contribution in [-0.2, 0) is 16.6 Å². The zero-order chi connectivity index (χ0) is 27.0. The molecule has 6 N–H and O–H groups in total. The molecule has 3 rings (SSSR count). The van der Waals surface area contributed by atoms with E-state index in [0.717, 1.165) is 11.1 Å². The first-order chi connectivity index (χ1) is 17.6. The van der Waals surface area contributed by atoms with Crippen molar-refractivity contribution >= 4 is 18.0 Å². The van der Waals surface area contributed by atoms with Gasteiger partial charge in [0.05, 0.1) is 11.8 Å². The fourth-order valence-corrected chi connectivity index (χ4v) is 4.05. The summed E-state index contributed by atoms with van der Waals surface area (Å²) in [7, 11) is 0. The Bertz CT molecular complexity index is 1210. The largest absolute Gasteiger partial charge is 0.508 e. The third-order valence-corrected chi connectivity index (χ3v) is 6.35. The Morgan fingerprint density at radius 3 is 2.46 bits per heavy atom. The van der Waals surface area contributed by atoms with Crippen LogP contribution in [-0.4, -0.2) is 46.8 Å². The molecule has 3 aromatic carbocycles. The van der Waals surface area contributed by atoms with Gasteiger partial charge in [-0.15, -0.1) is 0 Å². The molecular formula is C29H35N3O5. The number of aromatic hydroxyl groups is 2. The Morgan fingerprint density at radius 1 is 1.03 bits per heavy atom. The summed E-state index contributed by atoms with van der Waals surface area (Å²) >= 11 is 0. The highest BCUT2D eigenvalue weighted by Gasteiger charge is 2.22. The number of phenolic OH excluding ortho intramolecular Hbond substituents is 2. The van der Waals surface area contributed by atoms with Gasteiger partial charge in [-0.2, -0.15) is 0 Å². The second-order valence-corrected chi connectivity index (χ2v) is 9.88. The SMILES string of the molecule is C[C@H](Cc1cccc(C(=O)NCC(C)(C)c2ccc(O)cc2)c1)NC[C@H](O)c1ccc(O)c(NC=O)c1. The smallest absolute Gasteiger partial charge is 0.251 e. The predicted molar refractivity (Wildman–Crippen MR) is 144 cm³/mol. The average Bonchev–Trinajstić information content (AvgIpc) is 2.87. The summed E-state index contributed by atoms with van der Waals surface area (Å²) in [6.07, 6.45) is 0.293. The standard InChI is InChI=1S/C29H35N3O5/c1-19(30-16-27(36)21-7-12-26(35)25(15-21)32-18-33)13-20-5-4-6-22(14-20)28(37)31-17-29(2,3)23-8-10-24(34)11-9-23/h4-12,14-15,18-19,27,30,34-36H,13,16-17H2,1-3H3,(H,31,37)(H,32,33)/t19-,27+/m1/s1. The van der Waals surface area contributed by atoms with E-state index >= 15 is 0 Å². The maximum absolute atomic E-state index is 12.8. The first-order valence-corrected chi connectivity index (χ1v) is 12.2. The Balaban J connectivity index is 1.53. The molecule has 37 heavy (non-hydrogen) atoms. The van der Waals surface area contributed by atoms with E-state index in [1.54, 1.807) is 24.3 Å². The molecule has 0 radical (unpaired) electrons. The molecule has 0 aliphatic heterocycles. The minimum atomic E-state index is -0.829. The van der Waals surface area contributed by atoms with E-state index in [0.29, 0.717) is 30.5 Å². The van der Waals surface area contributed by atoms with E-state index in [9.17, 15) is 24.9 Å². The number of anilines is 1. The van der Waals surface area contributed by atoms with Crippen molar-refractivity contribution in [1.82, 2.24) is 10.6 Å². The maximum atomic E-state index is 12.8. The Kier molecular flexibility index (Phi) is 9.27. The van der Waals surface area contributed by atoms with Gasteiger partial charge in [0.1, 0.15) is 11.5 Å². The number of carbonyl (C=O) groups is 2. The molecule has 0 fully saturated rings. The molecule has 8 nitrogen and oxygen atoms in total. The molecule has 8 heteroatoms. The minimum Gasteiger partial charge on any atom is -0.508 e. The number of aliphatic hydroxyl groups excluding tert-OH is 1. The summed E-state index contributed by atoms with van der Waals surface area (Å²) in [6.45, 7) is 6.79. The van der Waals surface area contributed by atoms with Crippen molar-refractivity contribution in [2.75, 3.05) is 18.4 Å². The normalized spacial score (nSPS) is 13.0. The number of hydrogen-bond donors (Lipinski definition) is 6. The van der Waals surface area contributed by atoms with Crippen LogP contribution in [0, 0.1) is 0 Å². The average molecular weight is 506 g/mol. The fraction of sp³-hybridized carbons (Fsp3) is 0.310. The Hall–Kier alpha value is -3.88. The lowest BCUT2D eigenvalue weighted by Gasteiger charge is -2.26. The van der Waals surface area contributed by atoms with Crippen LogP contribution in [0.15, 0.2) is 66.7 Å². The van der Waals surface area contributed by atoms with Crippen molar-refractivity contribution in [1.29, 1.82) is 0 Å². The zero-order valence-electron chi connectivity index (χ0n) is 21.4. The van der Waals surface area contributed by atoms with Gasteiger partial charge in [-0.3, -0.25) is 9.59 Å². The molecule has 0 aliphatic carbocycles. The third kappa shape index (κ3) is 7.80. The molecule has 0 aromatic heterocycles. The molecule has 0 heterocycles. The molecule has 0 bridgehead atoms. The second-order valence-electron chi connectivity index (χ2n) is 9.88. The molecule has 0 unspecified atom stereocenters. The predicted octanol–water partition coefficient (Wildman–Crippen LogP) is 3.63. The lowest BCUT2D eigenvalue weighted by Crippen LogP contribution is -2.36. The van der Waals surface area contributed by atoms with E-state index in [2.05, 4.69) is 16.0 Å². The summed E-state index contributed by atoms with van der Waals surface area (Å²) in [6, 6.07) is 19.1. The molecule has 0 saturated heterocycles. The van der Waals surface area contributed by atoms with Gasteiger partial charge in [0.25, 0.3) is 5.91 Å². The fourth-order valence-electron chi connectivity index (χ4n) is 4.05. The monoisotopic (exact) mass is 505 g/mol. The highest BCUT2D eigenvalue weighted by Crippen LogP contribution is 2.27.